The predicted molar refractivity (Wildman–Crippen MR) is 97.9 cm³/mol. The van der Waals surface area contributed by atoms with Gasteiger partial charge in [0.1, 0.15) is 5.60 Å². The minimum atomic E-state index is -0.488. The first kappa shape index (κ1) is 21.0. The molecule has 0 saturated heterocycles. The van der Waals surface area contributed by atoms with Gasteiger partial charge in [0.05, 0.1) is 23.3 Å². The molecule has 0 radical (unpaired) electrons. The largest absolute Gasteiger partial charge is 0.444 e. The zero-order valence-electron chi connectivity index (χ0n) is 14.7. The second-order valence-electron chi connectivity index (χ2n) is 6.53. The van der Waals surface area contributed by atoms with Gasteiger partial charge in [-0.15, -0.1) is 0 Å². The fraction of sp³-hybridized carbons (Fsp3) is 0.588. The fourth-order valence-corrected chi connectivity index (χ4v) is 2.21. The van der Waals surface area contributed by atoms with E-state index in [4.69, 9.17) is 32.7 Å². The summed E-state index contributed by atoms with van der Waals surface area (Å²) in [7, 11) is 2.00. The molecule has 0 aliphatic rings. The maximum Gasteiger partial charge on any atom is 0.407 e. The van der Waals surface area contributed by atoms with E-state index in [0.717, 1.165) is 18.7 Å². The maximum atomic E-state index is 11.4. The molecule has 0 saturated carbocycles. The second-order valence-corrected chi connectivity index (χ2v) is 7.34. The lowest BCUT2D eigenvalue weighted by Crippen LogP contribution is -2.34. The number of benzene rings is 1. The van der Waals surface area contributed by atoms with Crippen LogP contribution in [0.1, 0.15) is 26.3 Å². The van der Waals surface area contributed by atoms with E-state index in [2.05, 4.69) is 10.2 Å². The summed E-state index contributed by atoms with van der Waals surface area (Å²) in [5, 5.41) is 3.77. The summed E-state index contributed by atoms with van der Waals surface area (Å²) < 4.78 is 10.6. The molecule has 1 N–H and O–H groups in total. The van der Waals surface area contributed by atoms with Crippen LogP contribution < -0.4 is 5.32 Å². The Morgan fingerprint density at radius 2 is 1.92 bits per heavy atom. The van der Waals surface area contributed by atoms with Gasteiger partial charge in [0.15, 0.2) is 0 Å². The van der Waals surface area contributed by atoms with Crippen molar-refractivity contribution < 1.29 is 14.3 Å². The summed E-state index contributed by atoms with van der Waals surface area (Å²) in [6.07, 6.45) is -0.428. The van der Waals surface area contributed by atoms with Gasteiger partial charge >= 0.3 is 6.09 Å². The van der Waals surface area contributed by atoms with Crippen molar-refractivity contribution in [1.29, 1.82) is 0 Å². The van der Waals surface area contributed by atoms with Crippen molar-refractivity contribution in [2.45, 2.75) is 32.9 Å². The summed E-state index contributed by atoms with van der Waals surface area (Å²) in [6.45, 7) is 8.45. The number of carbonyl (C=O) groups excluding carboxylic acids is 1. The van der Waals surface area contributed by atoms with E-state index in [1.54, 1.807) is 6.07 Å². The summed E-state index contributed by atoms with van der Waals surface area (Å²) in [6, 6.07) is 5.62. The van der Waals surface area contributed by atoms with Crippen LogP contribution in [0.15, 0.2) is 18.2 Å². The molecule has 1 aromatic rings. The molecule has 5 nitrogen and oxygen atoms in total. The average Bonchev–Trinajstić information content (AvgIpc) is 2.44. The fourth-order valence-electron chi connectivity index (χ4n) is 1.89. The number of halogens is 2. The highest BCUT2D eigenvalue weighted by Gasteiger charge is 2.15. The molecular weight excluding hydrogens is 351 g/mol. The van der Waals surface area contributed by atoms with E-state index < -0.39 is 11.7 Å². The first-order chi connectivity index (χ1) is 11.2. The van der Waals surface area contributed by atoms with Crippen LogP contribution in [0.3, 0.4) is 0 Å². The van der Waals surface area contributed by atoms with Gasteiger partial charge in [-0.05, 0) is 45.5 Å². The topological polar surface area (TPSA) is 50.8 Å². The summed E-state index contributed by atoms with van der Waals surface area (Å²) in [5.41, 5.74) is 0.608. The Labute approximate surface area is 154 Å². The molecule has 0 aliphatic carbocycles. The molecule has 0 spiro atoms. The number of nitrogens with zero attached hydrogens (tertiary/aromatic N) is 1. The first-order valence-corrected chi connectivity index (χ1v) is 8.60. The normalized spacial score (nSPS) is 11.6. The van der Waals surface area contributed by atoms with Crippen LogP contribution in [-0.4, -0.2) is 49.9 Å². The summed E-state index contributed by atoms with van der Waals surface area (Å²) in [5.74, 6) is 0. The average molecular weight is 377 g/mol. The third kappa shape index (κ3) is 9.33. The molecule has 24 heavy (non-hydrogen) atoms. The van der Waals surface area contributed by atoms with Crippen molar-refractivity contribution in [2.24, 2.45) is 0 Å². The third-order valence-corrected chi connectivity index (χ3v) is 3.71. The van der Waals surface area contributed by atoms with E-state index in [1.807, 2.05) is 40.0 Å². The SMILES string of the molecule is CN(CCOCCNC(=O)OC(C)(C)C)Cc1ccc(Cl)c(Cl)c1. The number of ether oxygens (including phenoxy) is 2. The van der Waals surface area contributed by atoms with Crippen LogP contribution in [0.2, 0.25) is 10.0 Å². The van der Waals surface area contributed by atoms with Gasteiger partial charge < -0.3 is 14.8 Å². The lowest BCUT2D eigenvalue weighted by atomic mass is 10.2. The Balaban J connectivity index is 2.12. The highest BCUT2D eigenvalue weighted by Crippen LogP contribution is 2.23. The van der Waals surface area contributed by atoms with Crippen LogP contribution in [-0.2, 0) is 16.0 Å². The summed E-state index contributed by atoms with van der Waals surface area (Å²) in [4.78, 5) is 13.6. The molecule has 0 bridgehead atoms. The van der Waals surface area contributed by atoms with Gasteiger partial charge in [0, 0.05) is 19.6 Å². The Morgan fingerprint density at radius 1 is 1.21 bits per heavy atom. The lowest BCUT2D eigenvalue weighted by molar-refractivity contribution is 0.0492. The molecule has 0 aromatic heterocycles. The number of hydrogen-bond acceptors (Lipinski definition) is 4. The van der Waals surface area contributed by atoms with Gasteiger partial charge in [-0.2, -0.15) is 0 Å². The van der Waals surface area contributed by atoms with Crippen molar-refractivity contribution in [3.8, 4) is 0 Å². The van der Waals surface area contributed by atoms with Crippen LogP contribution in [0, 0.1) is 0 Å². The molecule has 0 heterocycles. The number of rotatable bonds is 8. The Bertz CT molecular complexity index is 533. The van der Waals surface area contributed by atoms with Crippen LogP contribution in [0.5, 0.6) is 0 Å². The number of likely N-dealkylation sites (N-methyl/N-ethyl adjacent to an activating group) is 1. The van der Waals surface area contributed by atoms with Gasteiger partial charge in [-0.25, -0.2) is 4.79 Å². The van der Waals surface area contributed by atoms with Gasteiger partial charge in [-0.1, -0.05) is 29.3 Å². The van der Waals surface area contributed by atoms with E-state index in [1.165, 1.54) is 0 Å². The molecule has 0 fully saturated rings. The minimum absolute atomic E-state index is 0.422. The van der Waals surface area contributed by atoms with Crippen molar-refractivity contribution in [1.82, 2.24) is 10.2 Å². The van der Waals surface area contributed by atoms with E-state index in [-0.39, 0.29) is 0 Å². The van der Waals surface area contributed by atoms with E-state index in [9.17, 15) is 4.79 Å². The first-order valence-electron chi connectivity index (χ1n) is 7.84. The van der Waals surface area contributed by atoms with Crippen LogP contribution in [0.25, 0.3) is 0 Å². The number of alkyl carbamates (subject to hydrolysis) is 1. The van der Waals surface area contributed by atoms with Gasteiger partial charge in [0.2, 0.25) is 0 Å². The quantitative estimate of drug-likeness (QED) is 0.697. The summed E-state index contributed by atoms with van der Waals surface area (Å²) >= 11 is 11.9. The highest BCUT2D eigenvalue weighted by molar-refractivity contribution is 6.42. The van der Waals surface area contributed by atoms with Gasteiger partial charge in [0.25, 0.3) is 0 Å². The van der Waals surface area contributed by atoms with Crippen molar-refractivity contribution in [3.05, 3.63) is 33.8 Å². The third-order valence-electron chi connectivity index (χ3n) is 2.97. The minimum Gasteiger partial charge on any atom is -0.444 e. The smallest absolute Gasteiger partial charge is 0.407 e. The van der Waals surface area contributed by atoms with Gasteiger partial charge in [-0.3, -0.25) is 4.90 Å². The van der Waals surface area contributed by atoms with E-state index >= 15 is 0 Å². The second kappa shape index (κ2) is 10.1. The molecule has 1 rings (SSSR count). The molecule has 1 aromatic carbocycles. The predicted octanol–water partition coefficient (Wildman–Crippen LogP) is 3.97. The lowest BCUT2D eigenvalue weighted by Gasteiger charge is -2.20. The van der Waals surface area contributed by atoms with Crippen molar-refractivity contribution in [2.75, 3.05) is 33.4 Å². The van der Waals surface area contributed by atoms with Crippen LogP contribution >= 0.6 is 23.2 Å². The van der Waals surface area contributed by atoms with Crippen LogP contribution in [0.4, 0.5) is 4.79 Å². The maximum absolute atomic E-state index is 11.4. The highest BCUT2D eigenvalue weighted by atomic mass is 35.5. The molecule has 136 valence electrons. The molecular formula is C17H26Cl2N2O3. The van der Waals surface area contributed by atoms with Crippen molar-refractivity contribution in [3.63, 3.8) is 0 Å². The number of carbonyl (C=O) groups is 1. The zero-order valence-corrected chi connectivity index (χ0v) is 16.2. The Morgan fingerprint density at radius 3 is 2.54 bits per heavy atom. The molecule has 7 heteroatoms. The van der Waals surface area contributed by atoms with Crippen molar-refractivity contribution >= 4 is 29.3 Å². The monoisotopic (exact) mass is 376 g/mol. The molecule has 0 aliphatic heterocycles. The molecule has 1 amide bonds. The Hall–Kier alpha value is -1.01. The number of nitrogens with one attached hydrogen (secondary N) is 1. The standard InChI is InChI=1S/C17H26Cl2N2O3/c1-17(2,3)24-16(22)20-7-9-23-10-8-21(4)12-13-5-6-14(18)15(19)11-13/h5-6,11H,7-10,12H2,1-4H3,(H,20,22). The molecule has 0 unspecified atom stereocenters. The Kier molecular flexibility index (Phi) is 8.84. The number of hydrogen-bond donors (Lipinski definition) is 1. The number of amides is 1. The molecule has 0 atom stereocenters. The zero-order chi connectivity index (χ0) is 18.2. The van der Waals surface area contributed by atoms with E-state index in [0.29, 0.717) is 29.8 Å².